The summed E-state index contributed by atoms with van der Waals surface area (Å²) in [5.41, 5.74) is 7.93. The number of nitrogens with two attached hydrogens (primary N) is 1. The predicted molar refractivity (Wildman–Crippen MR) is 81.9 cm³/mol. The van der Waals surface area contributed by atoms with Crippen LogP contribution in [0.2, 0.25) is 0 Å². The first kappa shape index (κ1) is 17.0. The second kappa shape index (κ2) is 7.62. The van der Waals surface area contributed by atoms with Gasteiger partial charge in [0.15, 0.2) is 0 Å². The molecule has 1 saturated heterocycles. The van der Waals surface area contributed by atoms with Crippen LogP contribution < -0.4 is 11.1 Å². The Kier molecular flexibility index (Phi) is 6.46. The van der Waals surface area contributed by atoms with Crippen molar-refractivity contribution in [3.05, 3.63) is 35.4 Å². The molecule has 112 valence electrons. The molecule has 1 aromatic rings. The molecule has 4 nitrogen and oxygen atoms in total. The molecule has 1 amide bonds. The molecule has 1 aliphatic rings. The molecule has 0 spiro atoms. The van der Waals surface area contributed by atoms with Gasteiger partial charge in [0.2, 0.25) is 5.91 Å². The summed E-state index contributed by atoms with van der Waals surface area (Å²) in [5.74, 6) is -0.118. The molecule has 1 aromatic carbocycles. The van der Waals surface area contributed by atoms with Crippen molar-refractivity contribution in [1.82, 2.24) is 5.32 Å². The lowest BCUT2D eigenvalue weighted by molar-refractivity contribution is -0.125. The third-order valence-electron chi connectivity index (χ3n) is 3.47. The first-order valence-corrected chi connectivity index (χ1v) is 6.82. The number of ether oxygens (including phenoxy) is 1. The molecule has 1 fully saturated rings. The van der Waals surface area contributed by atoms with Crippen molar-refractivity contribution in [3.8, 4) is 0 Å². The highest BCUT2D eigenvalue weighted by Gasteiger charge is 2.29. The van der Waals surface area contributed by atoms with Crippen molar-refractivity contribution in [2.24, 2.45) is 5.73 Å². The van der Waals surface area contributed by atoms with Crippen LogP contribution in [0.25, 0.3) is 0 Å². The minimum Gasteiger partial charge on any atom is -0.371 e. The highest BCUT2D eigenvalue weighted by Crippen LogP contribution is 2.28. The van der Waals surface area contributed by atoms with Gasteiger partial charge in [-0.2, -0.15) is 0 Å². The summed E-state index contributed by atoms with van der Waals surface area (Å²) in [7, 11) is 0. The van der Waals surface area contributed by atoms with Crippen molar-refractivity contribution < 1.29 is 9.53 Å². The third-order valence-corrected chi connectivity index (χ3v) is 3.47. The van der Waals surface area contributed by atoms with Gasteiger partial charge >= 0.3 is 0 Å². The lowest BCUT2D eigenvalue weighted by Crippen LogP contribution is -2.48. The van der Waals surface area contributed by atoms with Crippen LogP contribution >= 0.6 is 12.4 Å². The van der Waals surface area contributed by atoms with Crippen molar-refractivity contribution in [2.45, 2.75) is 44.9 Å². The summed E-state index contributed by atoms with van der Waals surface area (Å²) >= 11 is 0. The average Bonchev–Trinajstić information content (AvgIpc) is 2.40. The summed E-state index contributed by atoms with van der Waals surface area (Å²) < 4.78 is 5.84. The SMILES string of the molecule is Cc1ccc(C2OCCCC2NC(=O)[C@@H](C)N)cc1.Cl. The molecule has 0 bridgehead atoms. The van der Waals surface area contributed by atoms with Crippen molar-refractivity contribution >= 4 is 18.3 Å². The fourth-order valence-electron chi connectivity index (χ4n) is 2.33. The first-order valence-electron chi connectivity index (χ1n) is 6.82. The van der Waals surface area contributed by atoms with Gasteiger partial charge in [0.25, 0.3) is 0 Å². The fourth-order valence-corrected chi connectivity index (χ4v) is 2.33. The van der Waals surface area contributed by atoms with Crippen LogP contribution in [0.15, 0.2) is 24.3 Å². The molecule has 3 atom stereocenters. The second-order valence-corrected chi connectivity index (χ2v) is 5.25. The Balaban J connectivity index is 0.00000200. The Morgan fingerprint density at radius 3 is 2.65 bits per heavy atom. The van der Waals surface area contributed by atoms with Crippen LogP contribution in [0.3, 0.4) is 0 Å². The molecule has 5 heteroatoms. The lowest BCUT2D eigenvalue weighted by atomic mass is 9.95. The second-order valence-electron chi connectivity index (χ2n) is 5.25. The van der Waals surface area contributed by atoms with E-state index in [9.17, 15) is 4.79 Å². The van der Waals surface area contributed by atoms with Gasteiger partial charge in [-0.05, 0) is 32.3 Å². The topological polar surface area (TPSA) is 64.3 Å². The number of rotatable bonds is 3. The van der Waals surface area contributed by atoms with Crippen molar-refractivity contribution in [1.29, 1.82) is 0 Å². The van der Waals surface area contributed by atoms with Gasteiger partial charge in [0.05, 0.1) is 12.1 Å². The summed E-state index contributed by atoms with van der Waals surface area (Å²) in [4.78, 5) is 11.8. The number of carbonyl (C=O) groups is 1. The van der Waals surface area contributed by atoms with Crippen LogP contribution in [0.1, 0.15) is 37.0 Å². The van der Waals surface area contributed by atoms with E-state index in [2.05, 4.69) is 36.5 Å². The van der Waals surface area contributed by atoms with Crippen LogP contribution in [-0.4, -0.2) is 24.6 Å². The molecule has 20 heavy (non-hydrogen) atoms. The number of benzene rings is 1. The molecule has 2 unspecified atom stereocenters. The zero-order valence-electron chi connectivity index (χ0n) is 12.0. The molecule has 1 heterocycles. The molecule has 0 radical (unpaired) electrons. The van der Waals surface area contributed by atoms with E-state index in [0.717, 1.165) is 25.0 Å². The Hall–Kier alpha value is -1.10. The zero-order chi connectivity index (χ0) is 13.8. The summed E-state index contributed by atoms with van der Waals surface area (Å²) in [6, 6.07) is 7.79. The Labute approximate surface area is 126 Å². The predicted octanol–water partition coefficient (Wildman–Crippen LogP) is 2.10. The monoisotopic (exact) mass is 298 g/mol. The normalized spacial score (nSPS) is 23.6. The van der Waals surface area contributed by atoms with Crippen molar-refractivity contribution in [2.75, 3.05) is 6.61 Å². The van der Waals surface area contributed by atoms with Gasteiger partial charge < -0.3 is 15.8 Å². The smallest absolute Gasteiger partial charge is 0.236 e. The maximum Gasteiger partial charge on any atom is 0.236 e. The molecule has 0 aromatic heterocycles. The molecule has 1 aliphatic heterocycles. The zero-order valence-corrected chi connectivity index (χ0v) is 12.8. The van der Waals surface area contributed by atoms with Crippen LogP contribution in [0, 0.1) is 6.92 Å². The Morgan fingerprint density at radius 1 is 1.40 bits per heavy atom. The largest absolute Gasteiger partial charge is 0.371 e. The van der Waals surface area contributed by atoms with Crippen molar-refractivity contribution in [3.63, 3.8) is 0 Å². The Bertz CT molecular complexity index is 434. The van der Waals surface area contributed by atoms with Gasteiger partial charge in [-0.25, -0.2) is 0 Å². The van der Waals surface area contributed by atoms with Gasteiger partial charge in [-0.1, -0.05) is 29.8 Å². The fraction of sp³-hybridized carbons (Fsp3) is 0.533. The summed E-state index contributed by atoms with van der Waals surface area (Å²) in [6.07, 6.45) is 1.82. The third kappa shape index (κ3) is 4.20. The van der Waals surface area contributed by atoms with E-state index < -0.39 is 6.04 Å². The van der Waals surface area contributed by atoms with Gasteiger partial charge in [0.1, 0.15) is 6.10 Å². The van der Waals surface area contributed by atoms with Gasteiger partial charge in [-0.15, -0.1) is 12.4 Å². The highest BCUT2D eigenvalue weighted by atomic mass is 35.5. The van der Waals surface area contributed by atoms with E-state index >= 15 is 0 Å². The number of hydrogen-bond acceptors (Lipinski definition) is 3. The van der Waals surface area contributed by atoms with E-state index in [0.29, 0.717) is 0 Å². The summed E-state index contributed by atoms with van der Waals surface area (Å²) in [6.45, 7) is 4.49. The van der Waals surface area contributed by atoms with Crippen LogP contribution in [0.5, 0.6) is 0 Å². The first-order chi connectivity index (χ1) is 9.08. The lowest BCUT2D eigenvalue weighted by Gasteiger charge is -2.33. The average molecular weight is 299 g/mol. The number of halogens is 1. The van der Waals surface area contributed by atoms with Crippen LogP contribution in [-0.2, 0) is 9.53 Å². The molecule has 0 aliphatic carbocycles. The van der Waals surface area contributed by atoms with E-state index in [-0.39, 0.29) is 30.5 Å². The van der Waals surface area contributed by atoms with E-state index in [1.807, 2.05) is 0 Å². The minimum atomic E-state index is -0.486. The maximum absolute atomic E-state index is 11.8. The standard InChI is InChI=1S/C15H22N2O2.ClH/c1-10-5-7-12(8-6-10)14-13(4-3-9-19-14)17-15(18)11(2)16;/h5-8,11,13-14H,3-4,9,16H2,1-2H3,(H,17,18);1H/t11-,13?,14?;/m1./s1. The quantitative estimate of drug-likeness (QED) is 0.898. The summed E-state index contributed by atoms with van der Waals surface area (Å²) in [5, 5.41) is 2.99. The number of nitrogens with one attached hydrogen (secondary N) is 1. The molecular formula is C15H23ClN2O2. The Morgan fingerprint density at radius 2 is 2.05 bits per heavy atom. The van der Waals surface area contributed by atoms with E-state index in [4.69, 9.17) is 10.5 Å². The maximum atomic E-state index is 11.8. The molecule has 0 saturated carbocycles. The van der Waals surface area contributed by atoms with Crippen LogP contribution in [0.4, 0.5) is 0 Å². The van der Waals surface area contributed by atoms with E-state index in [1.165, 1.54) is 5.56 Å². The number of hydrogen-bond donors (Lipinski definition) is 2. The highest BCUT2D eigenvalue weighted by molar-refractivity contribution is 5.85. The number of aryl methyl sites for hydroxylation is 1. The molecule has 2 rings (SSSR count). The number of amides is 1. The van der Waals surface area contributed by atoms with E-state index in [1.54, 1.807) is 6.92 Å². The minimum absolute atomic E-state index is 0. The van der Waals surface area contributed by atoms with Gasteiger partial charge in [0, 0.05) is 6.61 Å². The molecule has 3 N–H and O–H groups in total. The molecular weight excluding hydrogens is 276 g/mol. The van der Waals surface area contributed by atoms with Gasteiger partial charge in [-0.3, -0.25) is 4.79 Å². The number of carbonyl (C=O) groups excluding carboxylic acids is 1.